The number of imide groups is 1. The van der Waals surface area contributed by atoms with E-state index < -0.39 is 0 Å². The number of hydrogen-bond acceptors (Lipinski definition) is 5. The summed E-state index contributed by atoms with van der Waals surface area (Å²) in [5.41, 5.74) is 0.863. The van der Waals surface area contributed by atoms with Crippen molar-refractivity contribution in [2.75, 3.05) is 37.7 Å². The summed E-state index contributed by atoms with van der Waals surface area (Å²) in [4.78, 5) is 39.5. The number of nitrogens with one attached hydrogen (secondary N) is 1. The van der Waals surface area contributed by atoms with Crippen molar-refractivity contribution in [1.82, 2.24) is 10.2 Å². The molecule has 1 aromatic rings. The van der Waals surface area contributed by atoms with Crippen LogP contribution in [0.3, 0.4) is 0 Å². The molecule has 26 heavy (non-hydrogen) atoms. The van der Waals surface area contributed by atoms with Crippen molar-refractivity contribution < 1.29 is 19.1 Å². The van der Waals surface area contributed by atoms with Gasteiger partial charge in [0.15, 0.2) is 0 Å². The van der Waals surface area contributed by atoms with Gasteiger partial charge < -0.3 is 10.1 Å². The van der Waals surface area contributed by atoms with Gasteiger partial charge in [-0.1, -0.05) is 0 Å². The fourth-order valence-electron chi connectivity index (χ4n) is 3.31. The van der Waals surface area contributed by atoms with E-state index in [0.717, 1.165) is 13.1 Å². The van der Waals surface area contributed by atoms with Gasteiger partial charge in [0.1, 0.15) is 0 Å². The fraction of sp³-hybridized carbons (Fsp3) is 0.526. The summed E-state index contributed by atoms with van der Waals surface area (Å²) in [6.45, 7) is 7.87. The van der Waals surface area contributed by atoms with E-state index in [9.17, 15) is 14.4 Å². The molecule has 0 unspecified atom stereocenters. The molecule has 2 aliphatic rings. The zero-order valence-corrected chi connectivity index (χ0v) is 15.3. The largest absolute Gasteiger partial charge is 0.379 e. The number of hydrogen-bond donors (Lipinski definition) is 1. The van der Waals surface area contributed by atoms with Gasteiger partial charge in [-0.25, -0.2) is 0 Å². The molecule has 1 N–H and O–H groups in total. The monoisotopic (exact) mass is 359 g/mol. The Balaban J connectivity index is 1.59. The summed E-state index contributed by atoms with van der Waals surface area (Å²) in [5, 5.41) is 2.97. The number of benzene rings is 1. The highest BCUT2D eigenvalue weighted by Crippen LogP contribution is 2.23. The molecule has 0 radical (unpaired) electrons. The molecule has 1 aromatic carbocycles. The van der Waals surface area contributed by atoms with Gasteiger partial charge in [-0.05, 0) is 38.1 Å². The SMILES string of the molecule is CC(C)(CNC(=O)c1ccc(N2C(=O)CCC2=O)cc1)N1CCOCC1. The predicted molar refractivity (Wildman–Crippen MR) is 97.0 cm³/mol. The second-order valence-corrected chi connectivity index (χ2v) is 7.26. The van der Waals surface area contributed by atoms with Crippen molar-refractivity contribution in [1.29, 1.82) is 0 Å². The molecular formula is C19H25N3O4. The van der Waals surface area contributed by atoms with Crippen LogP contribution >= 0.6 is 0 Å². The van der Waals surface area contributed by atoms with E-state index in [1.807, 2.05) is 0 Å². The van der Waals surface area contributed by atoms with E-state index in [1.54, 1.807) is 24.3 Å². The van der Waals surface area contributed by atoms with Crippen molar-refractivity contribution >= 4 is 23.4 Å². The van der Waals surface area contributed by atoms with Gasteiger partial charge in [0.05, 0.1) is 18.9 Å². The maximum absolute atomic E-state index is 12.4. The Labute approximate surface area is 153 Å². The first kappa shape index (κ1) is 18.5. The number of rotatable bonds is 5. The Morgan fingerprint density at radius 1 is 1.08 bits per heavy atom. The van der Waals surface area contributed by atoms with Gasteiger partial charge in [-0.3, -0.25) is 24.2 Å². The third kappa shape index (κ3) is 3.94. The second-order valence-electron chi connectivity index (χ2n) is 7.26. The number of anilines is 1. The first-order chi connectivity index (χ1) is 12.4. The normalized spacial score (nSPS) is 19.1. The molecule has 3 amide bonds. The molecule has 2 heterocycles. The summed E-state index contributed by atoms with van der Waals surface area (Å²) in [6, 6.07) is 6.57. The van der Waals surface area contributed by atoms with Crippen molar-refractivity contribution in [3.8, 4) is 0 Å². The minimum atomic E-state index is -0.195. The Hall–Kier alpha value is -2.25. The van der Waals surface area contributed by atoms with Gasteiger partial charge in [-0.15, -0.1) is 0 Å². The number of carbonyl (C=O) groups is 3. The minimum Gasteiger partial charge on any atom is -0.379 e. The van der Waals surface area contributed by atoms with Crippen LogP contribution in [0.4, 0.5) is 5.69 Å². The number of amides is 3. The van der Waals surface area contributed by atoms with E-state index in [1.165, 1.54) is 4.90 Å². The average Bonchev–Trinajstić information content (AvgIpc) is 2.99. The molecule has 140 valence electrons. The first-order valence-electron chi connectivity index (χ1n) is 8.95. The molecule has 7 heteroatoms. The standard InChI is InChI=1S/C19H25N3O4/c1-19(2,21-9-11-26-12-10-21)13-20-18(25)14-3-5-15(6-4-14)22-16(23)7-8-17(22)24/h3-6H,7-13H2,1-2H3,(H,20,25). The number of ether oxygens (including phenoxy) is 1. The maximum atomic E-state index is 12.4. The molecule has 0 aromatic heterocycles. The van der Waals surface area contributed by atoms with Gasteiger partial charge in [-0.2, -0.15) is 0 Å². The molecule has 2 aliphatic heterocycles. The third-order valence-electron chi connectivity index (χ3n) is 4.99. The molecule has 0 spiro atoms. The Morgan fingerprint density at radius 3 is 2.23 bits per heavy atom. The lowest BCUT2D eigenvalue weighted by Gasteiger charge is -2.40. The van der Waals surface area contributed by atoms with Crippen molar-refractivity contribution in [2.24, 2.45) is 0 Å². The van der Waals surface area contributed by atoms with Crippen LogP contribution in [0, 0.1) is 0 Å². The van der Waals surface area contributed by atoms with E-state index in [2.05, 4.69) is 24.1 Å². The van der Waals surface area contributed by atoms with Crippen LogP contribution in [-0.2, 0) is 14.3 Å². The van der Waals surface area contributed by atoms with Crippen LogP contribution in [0.5, 0.6) is 0 Å². The summed E-state index contributed by atoms with van der Waals surface area (Å²) < 4.78 is 5.38. The van der Waals surface area contributed by atoms with Crippen LogP contribution in [-0.4, -0.2) is 61.0 Å². The van der Waals surface area contributed by atoms with Crippen LogP contribution in [0.15, 0.2) is 24.3 Å². The first-order valence-corrected chi connectivity index (χ1v) is 8.95. The zero-order chi connectivity index (χ0) is 18.7. The minimum absolute atomic E-state index is 0.159. The zero-order valence-electron chi connectivity index (χ0n) is 15.3. The van der Waals surface area contributed by atoms with Gasteiger partial charge in [0.2, 0.25) is 11.8 Å². The highest BCUT2D eigenvalue weighted by molar-refractivity contribution is 6.19. The molecule has 0 atom stereocenters. The fourth-order valence-corrected chi connectivity index (χ4v) is 3.31. The number of carbonyl (C=O) groups excluding carboxylic acids is 3. The van der Waals surface area contributed by atoms with E-state index in [0.29, 0.717) is 31.0 Å². The summed E-state index contributed by atoms with van der Waals surface area (Å²) >= 11 is 0. The van der Waals surface area contributed by atoms with Crippen molar-refractivity contribution in [3.63, 3.8) is 0 Å². The Bertz CT molecular complexity index is 677. The molecule has 3 rings (SSSR count). The molecule has 2 fully saturated rings. The van der Waals surface area contributed by atoms with Crippen molar-refractivity contribution in [2.45, 2.75) is 32.2 Å². The number of morpholine rings is 1. The molecule has 7 nitrogen and oxygen atoms in total. The van der Waals surface area contributed by atoms with Crippen LogP contribution < -0.4 is 10.2 Å². The molecule has 0 bridgehead atoms. The predicted octanol–water partition coefficient (Wildman–Crippen LogP) is 1.18. The summed E-state index contributed by atoms with van der Waals surface area (Å²) in [7, 11) is 0. The third-order valence-corrected chi connectivity index (χ3v) is 4.99. The Morgan fingerprint density at radius 2 is 1.65 bits per heavy atom. The smallest absolute Gasteiger partial charge is 0.251 e. The van der Waals surface area contributed by atoms with E-state index in [-0.39, 0.29) is 36.1 Å². The second kappa shape index (κ2) is 7.55. The van der Waals surface area contributed by atoms with Gasteiger partial charge >= 0.3 is 0 Å². The number of nitrogens with zero attached hydrogens (tertiary/aromatic N) is 2. The van der Waals surface area contributed by atoms with Crippen molar-refractivity contribution in [3.05, 3.63) is 29.8 Å². The highest BCUT2D eigenvalue weighted by atomic mass is 16.5. The maximum Gasteiger partial charge on any atom is 0.251 e. The lowest BCUT2D eigenvalue weighted by molar-refractivity contribution is -0.121. The molecule has 0 aliphatic carbocycles. The molecule has 2 saturated heterocycles. The quantitative estimate of drug-likeness (QED) is 0.799. The Kier molecular flexibility index (Phi) is 5.38. The van der Waals surface area contributed by atoms with Crippen LogP contribution in [0.2, 0.25) is 0 Å². The van der Waals surface area contributed by atoms with Crippen LogP contribution in [0.1, 0.15) is 37.0 Å². The lowest BCUT2D eigenvalue weighted by Crippen LogP contribution is -2.55. The van der Waals surface area contributed by atoms with E-state index in [4.69, 9.17) is 4.74 Å². The molecule has 0 saturated carbocycles. The molecular weight excluding hydrogens is 334 g/mol. The average molecular weight is 359 g/mol. The summed E-state index contributed by atoms with van der Waals surface area (Å²) in [5.74, 6) is -0.559. The lowest BCUT2D eigenvalue weighted by atomic mass is 10.0. The van der Waals surface area contributed by atoms with E-state index >= 15 is 0 Å². The summed E-state index contributed by atoms with van der Waals surface area (Å²) in [6.07, 6.45) is 0.495. The van der Waals surface area contributed by atoms with Gasteiger partial charge in [0, 0.05) is 43.6 Å². The highest BCUT2D eigenvalue weighted by Gasteiger charge is 2.31. The topological polar surface area (TPSA) is 79.0 Å². The van der Waals surface area contributed by atoms with Gasteiger partial charge in [0.25, 0.3) is 5.91 Å². The van der Waals surface area contributed by atoms with Crippen LogP contribution in [0.25, 0.3) is 0 Å².